The van der Waals surface area contributed by atoms with Crippen molar-refractivity contribution in [3.8, 4) is 0 Å². The fourth-order valence-electron chi connectivity index (χ4n) is 2.94. The normalized spacial score (nSPS) is 17.6. The van der Waals surface area contributed by atoms with Crippen LogP contribution in [0.25, 0.3) is 0 Å². The second-order valence-corrected chi connectivity index (χ2v) is 8.33. The van der Waals surface area contributed by atoms with Crippen molar-refractivity contribution < 1.29 is 4.79 Å². The Bertz CT molecular complexity index is 507. The third-order valence-electron chi connectivity index (χ3n) is 4.56. The summed E-state index contributed by atoms with van der Waals surface area (Å²) in [5.74, 6) is 0.890. The lowest BCUT2D eigenvalue weighted by Crippen LogP contribution is -2.32. The molecule has 1 heterocycles. The third kappa shape index (κ3) is 4.46. The first-order valence-corrected chi connectivity index (χ1v) is 8.66. The van der Waals surface area contributed by atoms with E-state index in [9.17, 15) is 4.79 Å². The first-order valence-electron chi connectivity index (χ1n) is 7.84. The number of halogens is 1. The lowest BCUT2D eigenvalue weighted by molar-refractivity contribution is 0.0801. The number of carbonyl (C=O) groups is 1. The molecule has 1 aliphatic carbocycles. The molecule has 2 rings (SSSR count). The van der Waals surface area contributed by atoms with Crippen LogP contribution in [0.5, 0.6) is 0 Å². The molecular formula is C17H29ClN2OS. The van der Waals surface area contributed by atoms with E-state index >= 15 is 0 Å². The Morgan fingerprint density at radius 1 is 1.45 bits per heavy atom. The van der Waals surface area contributed by atoms with E-state index in [-0.39, 0.29) is 18.3 Å². The Labute approximate surface area is 144 Å². The maximum atomic E-state index is 12.5. The SMILES string of the molecule is CNCCN(C)C(=O)c1cc2c(s1)CCC(C(C)(C)C)C2.Cl. The Morgan fingerprint density at radius 3 is 2.73 bits per heavy atom. The number of likely N-dealkylation sites (N-methyl/N-ethyl adjacent to an activating group) is 2. The van der Waals surface area contributed by atoms with Gasteiger partial charge in [-0.25, -0.2) is 0 Å². The predicted molar refractivity (Wildman–Crippen MR) is 97.4 cm³/mol. The summed E-state index contributed by atoms with van der Waals surface area (Å²) in [6.45, 7) is 8.56. The summed E-state index contributed by atoms with van der Waals surface area (Å²) < 4.78 is 0. The number of rotatable bonds is 4. The van der Waals surface area contributed by atoms with Crippen LogP contribution < -0.4 is 5.32 Å². The summed E-state index contributed by atoms with van der Waals surface area (Å²) in [7, 11) is 3.80. The zero-order valence-electron chi connectivity index (χ0n) is 14.4. The lowest BCUT2D eigenvalue weighted by atomic mass is 9.72. The Kier molecular flexibility index (Phi) is 6.90. The van der Waals surface area contributed by atoms with Crippen LogP contribution >= 0.6 is 23.7 Å². The Morgan fingerprint density at radius 2 is 2.14 bits per heavy atom. The zero-order chi connectivity index (χ0) is 15.6. The fourth-order valence-corrected chi connectivity index (χ4v) is 4.14. The van der Waals surface area contributed by atoms with Gasteiger partial charge in [-0.15, -0.1) is 23.7 Å². The molecule has 1 amide bonds. The fraction of sp³-hybridized carbons (Fsp3) is 0.706. The standard InChI is InChI=1S/C17H28N2OS.ClH/c1-17(2,3)13-6-7-14-12(10-13)11-15(21-14)16(20)19(5)9-8-18-4;/h11,13,18H,6-10H2,1-5H3;1H. The summed E-state index contributed by atoms with van der Waals surface area (Å²) in [5.41, 5.74) is 1.77. The van der Waals surface area contributed by atoms with Gasteiger partial charge in [0.2, 0.25) is 0 Å². The highest BCUT2D eigenvalue weighted by atomic mass is 35.5. The number of fused-ring (bicyclic) bond motifs is 1. The van der Waals surface area contributed by atoms with Crippen molar-refractivity contribution >= 4 is 29.7 Å². The van der Waals surface area contributed by atoms with Crippen molar-refractivity contribution in [2.24, 2.45) is 11.3 Å². The minimum Gasteiger partial charge on any atom is -0.340 e. The van der Waals surface area contributed by atoms with Gasteiger partial charge in [0.25, 0.3) is 5.91 Å². The minimum absolute atomic E-state index is 0. The molecule has 0 aromatic carbocycles. The van der Waals surface area contributed by atoms with E-state index in [0.29, 0.717) is 5.41 Å². The number of hydrogen-bond donors (Lipinski definition) is 1. The van der Waals surface area contributed by atoms with E-state index in [2.05, 4.69) is 32.2 Å². The molecular weight excluding hydrogens is 316 g/mol. The van der Waals surface area contributed by atoms with E-state index in [1.165, 1.54) is 16.9 Å². The van der Waals surface area contributed by atoms with Gasteiger partial charge in [0.05, 0.1) is 4.88 Å². The van der Waals surface area contributed by atoms with Crippen molar-refractivity contribution in [2.45, 2.75) is 40.0 Å². The van der Waals surface area contributed by atoms with Gasteiger partial charge < -0.3 is 10.2 Å². The first kappa shape index (κ1) is 19.5. The first-order chi connectivity index (χ1) is 9.82. The molecule has 0 spiro atoms. The maximum Gasteiger partial charge on any atom is 0.263 e. The van der Waals surface area contributed by atoms with Gasteiger partial charge >= 0.3 is 0 Å². The highest BCUT2D eigenvalue weighted by Crippen LogP contribution is 2.40. The molecule has 5 heteroatoms. The van der Waals surface area contributed by atoms with E-state index in [1.54, 1.807) is 11.3 Å². The monoisotopic (exact) mass is 344 g/mol. The zero-order valence-corrected chi connectivity index (χ0v) is 16.0. The molecule has 0 fully saturated rings. The maximum absolute atomic E-state index is 12.5. The molecule has 22 heavy (non-hydrogen) atoms. The van der Waals surface area contributed by atoms with Gasteiger partial charge in [-0.1, -0.05) is 20.8 Å². The molecule has 1 aromatic rings. The van der Waals surface area contributed by atoms with Crippen LogP contribution in [0.15, 0.2) is 6.07 Å². The molecule has 0 aliphatic heterocycles. The molecule has 0 radical (unpaired) electrons. The van der Waals surface area contributed by atoms with Gasteiger partial charge in [-0.05, 0) is 49.3 Å². The molecule has 1 aliphatic rings. The number of carbonyl (C=O) groups excluding carboxylic acids is 1. The second kappa shape index (κ2) is 7.80. The topological polar surface area (TPSA) is 32.3 Å². The van der Waals surface area contributed by atoms with Crippen LogP contribution in [0.2, 0.25) is 0 Å². The Balaban J connectivity index is 0.00000242. The molecule has 1 aromatic heterocycles. The number of aryl methyl sites for hydroxylation is 1. The molecule has 1 N–H and O–H groups in total. The number of amides is 1. The number of hydrogen-bond acceptors (Lipinski definition) is 3. The van der Waals surface area contributed by atoms with Crippen molar-refractivity contribution in [1.29, 1.82) is 0 Å². The van der Waals surface area contributed by atoms with E-state index < -0.39 is 0 Å². The minimum atomic E-state index is 0. The molecule has 1 unspecified atom stereocenters. The van der Waals surface area contributed by atoms with E-state index in [4.69, 9.17) is 0 Å². The highest BCUT2D eigenvalue weighted by molar-refractivity contribution is 7.14. The average molecular weight is 345 g/mol. The average Bonchev–Trinajstić information content (AvgIpc) is 2.85. The van der Waals surface area contributed by atoms with Gasteiger partial charge in [0, 0.05) is 25.0 Å². The molecule has 126 valence electrons. The summed E-state index contributed by atoms with van der Waals surface area (Å²) in [5, 5.41) is 3.09. The molecule has 0 saturated heterocycles. The van der Waals surface area contributed by atoms with Crippen LogP contribution in [0.3, 0.4) is 0 Å². The van der Waals surface area contributed by atoms with Crippen LogP contribution in [0, 0.1) is 11.3 Å². The molecule has 3 nitrogen and oxygen atoms in total. The molecule has 1 atom stereocenters. The van der Waals surface area contributed by atoms with E-state index in [0.717, 1.165) is 36.7 Å². The van der Waals surface area contributed by atoms with Crippen LogP contribution in [0.1, 0.15) is 47.3 Å². The molecule has 0 bridgehead atoms. The summed E-state index contributed by atoms with van der Waals surface area (Å²) in [6, 6.07) is 2.15. The largest absolute Gasteiger partial charge is 0.340 e. The predicted octanol–water partition coefficient (Wildman–Crippen LogP) is 3.61. The number of nitrogens with zero attached hydrogens (tertiary/aromatic N) is 1. The number of nitrogens with one attached hydrogen (secondary N) is 1. The summed E-state index contributed by atoms with van der Waals surface area (Å²) in [6.07, 6.45) is 3.51. The van der Waals surface area contributed by atoms with Gasteiger partial charge in [0.1, 0.15) is 0 Å². The van der Waals surface area contributed by atoms with Gasteiger partial charge in [-0.2, -0.15) is 0 Å². The smallest absolute Gasteiger partial charge is 0.263 e. The van der Waals surface area contributed by atoms with Crippen LogP contribution in [-0.4, -0.2) is 38.0 Å². The lowest BCUT2D eigenvalue weighted by Gasteiger charge is -2.33. The van der Waals surface area contributed by atoms with Crippen molar-refractivity contribution in [1.82, 2.24) is 10.2 Å². The van der Waals surface area contributed by atoms with Crippen molar-refractivity contribution in [2.75, 3.05) is 27.2 Å². The Hall–Kier alpha value is -0.580. The molecule has 0 saturated carbocycles. The van der Waals surface area contributed by atoms with Crippen LogP contribution in [-0.2, 0) is 12.8 Å². The summed E-state index contributed by atoms with van der Waals surface area (Å²) >= 11 is 1.71. The van der Waals surface area contributed by atoms with Crippen molar-refractivity contribution in [3.05, 3.63) is 21.4 Å². The van der Waals surface area contributed by atoms with Gasteiger partial charge in [0.15, 0.2) is 0 Å². The summed E-state index contributed by atoms with van der Waals surface area (Å²) in [4.78, 5) is 16.6. The number of thiophene rings is 1. The highest BCUT2D eigenvalue weighted by Gasteiger charge is 2.30. The second-order valence-electron chi connectivity index (χ2n) is 7.20. The van der Waals surface area contributed by atoms with Crippen LogP contribution in [0.4, 0.5) is 0 Å². The van der Waals surface area contributed by atoms with Crippen molar-refractivity contribution in [3.63, 3.8) is 0 Å². The van der Waals surface area contributed by atoms with Gasteiger partial charge in [-0.3, -0.25) is 4.79 Å². The third-order valence-corrected chi connectivity index (χ3v) is 5.79. The quantitative estimate of drug-likeness (QED) is 0.904. The van der Waals surface area contributed by atoms with E-state index in [1.807, 2.05) is 19.0 Å².